The summed E-state index contributed by atoms with van der Waals surface area (Å²) in [7, 11) is 0. The van der Waals surface area contributed by atoms with Crippen molar-refractivity contribution in [2.24, 2.45) is 0 Å². The van der Waals surface area contributed by atoms with Gasteiger partial charge in [0.05, 0.1) is 0 Å². The van der Waals surface area contributed by atoms with Gasteiger partial charge in [-0.15, -0.1) is 40.6 Å². The standard InChI is InChI=1S/C13H15.Cr/c1-2-3-6-11-9-12-7-4-5-8-13(12)10-11;/h4-5,7-10H,2-3,6H2,1H3;/q-1;. The third-order valence-electron chi connectivity index (χ3n) is 2.50. The zero-order chi connectivity index (χ0) is 9.10. The van der Waals surface area contributed by atoms with Gasteiger partial charge in [0.25, 0.3) is 0 Å². The van der Waals surface area contributed by atoms with Crippen LogP contribution in [-0.2, 0) is 23.8 Å². The Hall–Kier alpha value is -0.638. The maximum absolute atomic E-state index is 2.31. The van der Waals surface area contributed by atoms with Crippen molar-refractivity contribution >= 4 is 10.8 Å². The van der Waals surface area contributed by atoms with Crippen LogP contribution < -0.4 is 0 Å². The maximum Gasteiger partial charge on any atom is 0 e. The smallest absolute Gasteiger partial charge is 0 e. The van der Waals surface area contributed by atoms with Gasteiger partial charge in [0.1, 0.15) is 0 Å². The molecule has 0 amide bonds. The zero-order valence-electron chi connectivity index (χ0n) is 8.49. The van der Waals surface area contributed by atoms with E-state index in [-0.39, 0.29) is 17.4 Å². The molecule has 14 heavy (non-hydrogen) atoms. The zero-order valence-corrected chi connectivity index (χ0v) is 9.77. The molecular weight excluding hydrogens is 208 g/mol. The van der Waals surface area contributed by atoms with E-state index in [0.29, 0.717) is 0 Å². The number of benzene rings is 1. The van der Waals surface area contributed by atoms with Crippen LogP contribution in [0.25, 0.3) is 10.8 Å². The summed E-state index contributed by atoms with van der Waals surface area (Å²) in [5.74, 6) is 0. The first kappa shape index (κ1) is 11.4. The fourth-order valence-electron chi connectivity index (χ4n) is 1.74. The van der Waals surface area contributed by atoms with Gasteiger partial charge in [0, 0.05) is 17.4 Å². The average molecular weight is 223 g/mol. The molecule has 74 valence electrons. The topological polar surface area (TPSA) is 0 Å². The van der Waals surface area contributed by atoms with Gasteiger partial charge >= 0.3 is 0 Å². The van der Waals surface area contributed by atoms with E-state index in [1.807, 2.05) is 0 Å². The summed E-state index contributed by atoms with van der Waals surface area (Å²) in [6.07, 6.45) is 3.81. The Kier molecular flexibility index (Phi) is 4.33. The van der Waals surface area contributed by atoms with Crippen LogP contribution in [0.1, 0.15) is 25.3 Å². The van der Waals surface area contributed by atoms with Crippen LogP contribution in [0.4, 0.5) is 0 Å². The van der Waals surface area contributed by atoms with E-state index in [4.69, 9.17) is 0 Å². The van der Waals surface area contributed by atoms with Gasteiger partial charge in [0.15, 0.2) is 0 Å². The van der Waals surface area contributed by atoms with Crippen molar-refractivity contribution < 1.29 is 17.4 Å². The first-order valence-corrected chi connectivity index (χ1v) is 5.04. The molecule has 0 aliphatic carbocycles. The van der Waals surface area contributed by atoms with Crippen LogP contribution >= 0.6 is 0 Å². The number of hydrogen-bond donors (Lipinski definition) is 0. The van der Waals surface area contributed by atoms with Gasteiger partial charge in [-0.1, -0.05) is 25.8 Å². The first-order chi connectivity index (χ1) is 6.40. The number of hydrogen-bond acceptors (Lipinski definition) is 0. The van der Waals surface area contributed by atoms with Crippen molar-refractivity contribution in [2.75, 3.05) is 0 Å². The Balaban J connectivity index is 0.000000980. The normalized spacial score (nSPS) is 10.1. The minimum absolute atomic E-state index is 0. The molecule has 0 saturated heterocycles. The Bertz CT molecular complexity index is 354. The third kappa shape index (κ3) is 2.44. The van der Waals surface area contributed by atoms with E-state index in [1.54, 1.807) is 0 Å². The summed E-state index contributed by atoms with van der Waals surface area (Å²) in [6, 6.07) is 13.2. The van der Waals surface area contributed by atoms with E-state index in [1.165, 1.54) is 35.6 Å². The van der Waals surface area contributed by atoms with E-state index < -0.39 is 0 Å². The SMILES string of the molecule is CCCCc1cc2ccccc2[cH-]1.[Cr]. The number of rotatable bonds is 3. The average Bonchev–Trinajstić information content (AvgIpc) is 2.57. The Labute approximate surface area is 96.4 Å². The molecule has 0 atom stereocenters. The Morgan fingerprint density at radius 3 is 2.71 bits per heavy atom. The maximum atomic E-state index is 2.31. The third-order valence-corrected chi connectivity index (χ3v) is 2.50. The van der Waals surface area contributed by atoms with Crippen molar-refractivity contribution in [3.05, 3.63) is 42.0 Å². The summed E-state index contributed by atoms with van der Waals surface area (Å²) >= 11 is 0. The second-order valence-electron chi connectivity index (χ2n) is 3.60. The van der Waals surface area contributed by atoms with E-state index >= 15 is 0 Å². The molecule has 0 nitrogen and oxygen atoms in total. The fourth-order valence-corrected chi connectivity index (χ4v) is 1.74. The van der Waals surface area contributed by atoms with Gasteiger partial charge < -0.3 is 0 Å². The molecule has 0 saturated carbocycles. The molecule has 0 aliphatic heterocycles. The quantitative estimate of drug-likeness (QED) is 0.692. The molecule has 0 N–H and O–H groups in total. The molecule has 0 aliphatic rings. The van der Waals surface area contributed by atoms with E-state index in [2.05, 4.69) is 43.3 Å². The van der Waals surface area contributed by atoms with E-state index in [9.17, 15) is 0 Å². The van der Waals surface area contributed by atoms with Crippen LogP contribution in [-0.4, -0.2) is 0 Å². The molecule has 0 spiro atoms. The molecule has 1 heteroatoms. The van der Waals surface area contributed by atoms with Gasteiger partial charge in [-0.05, 0) is 6.42 Å². The largest absolute Gasteiger partial charge is 0.165 e. The molecular formula is C13H15Cr-. The molecule has 0 radical (unpaired) electrons. The van der Waals surface area contributed by atoms with Crippen molar-refractivity contribution in [3.8, 4) is 0 Å². The summed E-state index contributed by atoms with van der Waals surface area (Å²) < 4.78 is 0. The molecule has 0 bridgehead atoms. The molecule has 0 fully saturated rings. The second kappa shape index (κ2) is 5.29. The van der Waals surface area contributed by atoms with Gasteiger partial charge in [-0.2, -0.15) is 6.07 Å². The molecule has 0 heterocycles. The number of aryl methyl sites for hydroxylation is 1. The van der Waals surface area contributed by atoms with Gasteiger partial charge in [0.2, 0.25) is 0 Å². The van der Waals surface area contributed by atoms with Crippen molar-refractivity contribution in [2.45, 2.75) is 26.2 Å². The molecule has 0 aromatic heterocycles. The monoisotopic (exact) mass is 223 g/mol. The van der Waals surface area contributed by atoms with Crippen LogP contribution in [0.15, 0.2) is 36.4 Å². The summed E-state index contributed by atoms with van der Waals surface area (Å²) in [4.78, 5) is 0. The summed E-state index contributed by atoms with van der Waals surface area (Å²) in [5.41, 5.74) is 1.49. The van der Waals surface area contributed by atoms with Crippen molar-refractivity contribution in [1.82, 2.24) is 0 Å². The minimum Gasteiger partial charge on any atom is -0.165 e. The first-order valence-electron chi connectivity index (χ1n) is 5.04. The van der Waals surface area contributed by atoms with Crippen LogP contribution in [0.5, 0.6) is 0 Å². The summed E-state index contributed by atoms with van der Waals surface area (Å²) in [5, 5.41) is 2.77. The van der Waals surface area contributed by atoms with Crippen LogP contribution in [0.3, 0.4) is 0 Å². The van der Waals surface area contributed by atoms with Gasteiger partial charge in [-0.25, -0.2) is 0 Å². The van der Waals surface area contributed by atoms with Gasteiger partial charge in [-0.3, -0.25) is 0 Å². The number of fused-ring (bicyclic) bond motifs is 1. The van der Waals surface area contributed by atoms with Crippen LogP contribution in [0, 0.1) is 0 Å². The van der Waals surface area contributed by atoms with Crippen molar-refractivity contribution in [1.29, 1.82) is 0 Å². The Morgan fingerprint density at radius 1 is 1.21 bits per heavy atom. The van der Waals surface area contributed by atoms with Crippen molar-refractivity contribution in [3.63, 3.8) is 0 Å². The van der Waals surface area contributed by atoms with Crippen LogP contribution in [0.2, 0.25) is 0 Å². The van der Waals surface area contributed by atoms with E-state index in [0.717, 1.165) is 0 Å². The Morgan fingerprint density at radius 2 is 2.00 bits per heavy atom. The molecule has 2 rings (SSSR count). The fraction of sp³-hybridized carbons (Fsp3) is 0.308. The predicted molar refractivity (Wildman–Crippen MR) is 58.2 cm³/mol. The number of unbranched alkanes of at least 4 members (excludes halogenated alkanes) is 1. The summed E-state index contributed by atoms with van der Waals surface area (Å²) in [6.45, 7) is 2.24. The second-order valence-corrected chi connectivity index (χ2v) is 3.60. The molecule has 2 aromatic rings. The minimum atomic E-state index is 0. The predicted octanol–water partition coefficient (Wildman–Crippen LogP) is 3.90. The molecule has 2 aromatic carbocycles. The molecule has 0 unspecified atom stereocenters.